The van der Waals surface area contributed by atoms with Crippen LogP contribution >= 0.6 is 0 Å². The number of hydrogen-bond donors (Lipinski definition) is 2. The van der Waals surface area contributed by atoms with E-state index in [2.05, 4.69) is 41.9 Å². The van der Waals surface area contributed by atoms with Crippen molar-refractivity contribution in [1.29, 1.82) is 0 Å². The van der Waals surface area contributed by atoms with Crippen molar-refractivity contribution < 1.29 is 22.0 Å². The molecule has 4 rings (SSSR count). The van der Waals surface area contributed by atoms with Crippen LogP contribution in [0.25, 0.3) is 0 Å². The number of aromatic nitrogens is 3. The normalized spacial score (nSPS) is 21.2. The molecule has 1 atom stereocenters. The van der Waals surface area contributed by atoms with Gasteiger partial charge in [-0.05, 0) is 50.2 Å². The molecule has 0 aliphatic carbocycles. The highest BCUT2D eigenvalue weighted by Gasteiger charge is 2.45. The number of H-pyrrole nitrogens is 1. The molecule has 0 saturated carbocycles. The van der Waals surface area contributed by atoms with Crippen LogP contribution < -0.4 is 5.32 Å². The van der Waals surface area contributed by atoms with E-state index in [4.69, 9.17) is 0 Å². The van der Waals surface area contributed by atoms with E-state index in [-0.39, 0.29) is 23.5 Å². The molecule has 2 aromatic rings. The van der Waals surface area contributed by atoms with Gasteiger partial charge in [-0.2, -0.15) is 18.2 Å². The van der Waals surface area contributed by atoms with Crippen molar-refractivity contribution in [2.45, 2.75) is 31.5 Å². The predicted octanol–water partition coefficient (Wildman–Crippen LogP) is 4.00. The predicted molar refractivity (Wildman–Crippen MR) is 121 cm³/mol. The van der Waals surface area contributed by atoms with Crippen LogP contribution in [0.4, 0.5) is 27.8 Å². The smallest absolute Gasteiger partial charge is 0.348 e. The molecule has 13 heteroatoms. The Balaban J connectivity index is 1.49. The molecule has 0 spiro atoms. The van der Waals surface area contributed by atoms with Gasteiger partial charge in [0, 0.05) is 25.1 Å². The zero-order chi connectivity index (χ0) is 25.1. The third kappa shape index (κ3) is 6.62. The second-order valence-electron chi connectivity index (χ2n) is 8.59. The van der Waals surface area contributed by atoms with Gasteiger partial charge in [0.1, 0.15) is 17.5 Å². The number of likely N-dealkylation sites (tertiary alicyclic amines) is 2. The summed E-state index contributed by atoms with van der Waals surface area (Å²) in [6.07, 6.45) is 3.18. The number of alkyl halides is 5. The first-order valence-corrected chi connectivity index (χ1v) is 11.0. The van der Waals surface area contributed by atoms with Gasteiger partial charge in [-0.25, -0.2) is 23.7 Å². The van der Waals surface area contributed by atoms with Gasteiger partial charge in [-0.1, -0.05) is 0 Å². The van der Waals surface area contributed by atoms with Crippen molar-refractivity contribution in [3.8, 4) is 0 Å². The molecule has 2 aliphatic heterocycles. The molecule has 2 aromatic heterocycles. The number of anilines is 1. The first-order valence-electron chi connectivity index (χ1n) is 11.0. The van der Waals surface area contributed by atoms with E-state index < -0.39 is 30.8 Å². The number of rotatable bonds is 7. The molecule has 0 amide bonds. The Bertz CT molecular complexity index is 1070. The van der Waals surface area contributed by atoms with Crippen molar-refractivity contribution in [3.05, 3.63) is 54.0 Å². The highest BCUT2D eigenvalue weighted by atomic mass is 19.4. The zero-order valence-electron chi connectivity index (χ0n) is 18.8. The van der Waals surface area contributed by atoms with Crippen molar-refractivity contribution in [1.82, 2.24) is 24.8 Å². The highest BCUT2D eigenvalue weighted by Crippen LogP contribution is 2.31. The standard InChI is InChI=1S/C22H25F5N8/c1-28-20(35-13-21(23,24)14-35)33-17(32-18-10-16(4-6-29-18)22(25,26)27)3-2-15-5-9-34(11-15)12-19-30-7-8-31-19/h3-4,6-8,10,15H,1-2,5,9,11-14H2,(H,29,32)(H,30,31)/b17-3-,33-20+. The molecular formula is C22H25F5N8. The number of allylic oxidation sites excluding steroid dienone is 1. The minimum Gasteiger partial charge on any atom is -0.348 e. The molecule has 2 aliphatic rings. The molecule has 2 fully saturated rings. The fraction of sp³-hybridized carbons (Fsp3) is 0.455. The van der Waals surface area contributed by atoms with Gasteiger partial charge in [0.2, 0.25) is 5.96 Å². The lowest BCUT2D eigenvalue weighted by Gasteiger charge is -2.39. The lowest BCUT2D eigenvalue weighted by molar-refractivity contribution is -0.137. The topological polar surface area (TPSA) is 84.8 Å². The van der Waals surface area contributed by atoms with Crippen molar-refractivity contribution in [3.63, 3.8) is 0 Å². The maximum absolute atomic E-state index is 13.3. The molecule has 2 saturated heterocycles. The fourth-order valence-electron chi connectivity index (χ4n) is 4.02. The maximum atomic E-state index is 13.3. The summed E-state index contributed by atoms with van der Waals surface area (Å²) in [4.78, 5) is 22.8. The van der Waals surface area contributed by atoms with E-state index in [1.807, 2.05) is 0 Å². The van der Waals surface area contributed by atoms with Crippen LogP contribution in [0.1, 0.15) is 24.2 Å². The van der Waals surface area contributed by atoms with Gasteiger partial charge < -0.3 is 15.2 Å². The average Bonchev–Trinajstić information content (AvgIpc) is 3.46. The molecule has 2 N–H and O–H groups in total. The summed E-state index contributed by atoms with van der Waals surface area (Å²) in [5, 5.41) is 2.78. The van der Waals surface area contributed by atoms with Crippen LogP contribution in [-0.2, 0) is 12.7 Å². The van der Waals surface area contributed by atoms with Gasteiger partial charge in [-0.3, -0.25) is 4.90 Å². The van der Waals surface area contributed by atoms with Gasteiger partial charge in [0.15, 0.2) is 0 Å². The van der Waals surface area contributed by atoms with Crippen LogP contribution in [0.3, 0.4) is 0 Å². The summed E-state index contributed by atoms with van der Waals surface area (Å²) < 4.78 is 66.0. The minimum atomic E-state index is -4.54. The third-order valence-corrected chi connectivity index (χ3v) is 5.78. The summed E-state index contributed by atoms with van der Waals surface area (Å²) in [5.41, 5.74) is -0.868. The first kappa shape index (κ1) is 24.8. The Morgan fingerprint density at radius 2 is 2.09 bits per heavy atom. The van der Waals surface area contributed by atoms with Crippen LogP contribution in [0.15, 0.2) is 52.6 Å². The van der Waals surface area contributed by atoms with Crippen LogP contribution in [0, 0.1) is 5.92 Å². The third-order valence-electron chi connectivity index (χ3n) is 5.78. The number of nitrogens with one attached hydrogen (secondary N) is 2. The van der Waals surface area contributed by atoms with Crippen LogP contribution in [0.5, 0.6) is 0 Å². The Hall–Kier alpha value is -3.35. The monoisotopic (exact) mass is 496 g/mol. The number of aromatic amines is 1. The highest BCUT2D eigenvalue weighted by molar-refractivity contribution is 5.86. The van der Waals surface area contributed by atoms with Crippen molar-refractivity contribution in [2.75, 3.05) is 31.5 Å². The summed E-state index contributed by atoms with van der Waals surface area (Å²) in [5.74, 6) is -1.63. The number of halogens is 5. The number of hydrogen-bond acceptors (Lipinski definition) is 5. The SMILES string of the molecule is C=N/C(=N\C(=C/CC1CCN(Cc2ncc[nH]2)C1)Nc1cc(C(F)(F)F)ccn1)N1CC(F)(F)C1. The van der Waals surface area contributed by atoms with E-state index in [1.165, 1.54) is 4.90 Å². The quantitative estimate of drug-likeness (QED) is 0.344. The number of guanidine groups is 1. The molecule has 0 aromatic carbocycles. The fourth-order valence-corrected chi connectivity index (χ4v) is 4.02. The van der Waals surface area contributed by atoms with Gasteiger partial charge >= 0.3 is 6.18 Å². The molecule has 35 heavy (non-hydrogen) atoms. The number of aliphatic imine (C=N–C) groups is 2. The van der Waals surface area contributed by atoms with Crippen LogP contribution in [0.2, 0.25) is 0 Å². The summed E-state index contributed by atoms with van der Waals surface area (Å²) in [7, 11) is 0. The molecule has 0 bridgehead atoms. The van der Waals surface area contributed by atoms with Crippen molar-refractivity contribution in [2.24, 2.45) is 15.9 Å². The Morgan fingerprint density at radius 1 is 1.29 bits per heavy atom. The van der Waals surface area contributed by atoms with E-state index in [0.29, 0.717) is 13.0 Å². The lowest BCUT2D eigenvalue weighted by Crippen LogP contribution is -2.58. The average molecular weight is 496 g/mol. The summed E-state index contributed by atoms with van der Waals surface area (Å²) in [6, 6.07) is 1.73. The Labute approximate surface area is 198 Å². The molecule has 0 radical (unpaired) electrons. The summed E-state index contributed by atoms with van der Waals surface area (Å²) in [6.45, 7) is 4.67. The Kier molecular flexibility index (Phi) is 7.15. The molecule has 4 heterocycles. The molecule has 1 unspecified atom stereocenters. The van der Waals surface area contributed by atoms with Gasteiger partial charge in [0.25, 0.3) is 5.92 Å². The Morgan fingerprint density at radius 3 is 2.74 bits per heavy atom. The number of pyridine rings is 1. The van der Waals surface area contributed by atoms with Gasteiger partial charge in [-0.15, -0.1) is 0 Å². The number of nitrogens with zero attached hydrogens (tertiary/aromatic N) is 6. The maximum Gasteiger partial charge on any atom is 0.416 e. The number of imidazole rings is 1. The second kappa shape index (κ2) is 10.1. The van der Waals surface area contributed by atoms with E-state index >= 15 is 0 Å². The molecular weight excluding hydrogens is 471 g/mol. The van der Waals surface area contributed by atoms with E-state index in [1.54, 1.807) is 18.5 Å². The second-order valence-corrected chi connectivity index (χ2v) is 8.59. The summed E-state index contributed by atoms with van der Waals surface area (Å²) >= 11 is 0. The minimum absolute atomic E-state index is 0.0347. The van der Waals surface area contributed by atoms with Gasteiger partial charge in [0.05, 0.1) is 25.2 Å². The van der Waals surface area contributed by atoms with Crippen LogP contribution in [-0.4, -0.2) is 69.5 Å². The molecule has 188 valence electrons. The van der Waals surface area contributed by atoms with E-state index in [9.17, 15) is 22.0 Å². The van der Waals surface area contributed by atoms with Crippen molar-refractivity contribution >= 4 is 18.5 Å². The largest absolute Gasteiger partial charge is 0.416 e. The lowest BCUT2D eigenvalue weighted by atomic mass is 10.1. The molecule has 8 nitrogen and oxygen atoms in total. The van der Waals surface area contributed by atoms with E-state index in [0.717, 1.165) is 43.7 Å². The first-order chi connectivity index (χ1) is 16.6. The zero-order valence-corrected chi connectivity index (χ0v) is 18.8.